The van der Waals surface area contributed by atoms with E-state index < -0.39 is 0 Å². The highest BCUT2D eigenvalue weighted by atomic mass is 32.2. The van der Waals surface area contributed by atoms with Crippen molar-refractivity contribution >= 4 is 11.8 Å². The molecule has 0 amide bonds. The zero-order chi connectivity index (χ0) is 9.80. The molecule has 2 heteroatoms. The number of nitrogens with two attached hydrogens (primary N) is 1. The average molecular weight is 207 g/mol. The lowest BCUT2D eigenvalue weighted by atomic mass is 9.91. The monoisotopic (exact) mass is 207 g/mol. The number of benzene rings is 1. The first-order valence-electron chi connectivity index (χ1n) is 5.33. The molecule has 0 fully saturated rings. The summed E-state index contributed by atoms with van der Waals surface area (Å²) in [5, 5.41) is 0. The van der Waals surface area contributed by atoms with Crippen molar-refractivity contribution in [3.63, 3.8) is 0 Å². The Morgan fingerprint density at radius 2 is 2.21 bits per heavy atom. The van der Waals surface area contributed by atoms with Gasteiger partial charge in [0.05, 0.1) is 0 Å². The molecule has 0 radical (unpaired) electrons. The maximum atomic E-state index is 5.66. The zero-order valence-corrected chi connectivity index (χ0v) is 9.22. The molecule has 2 N–H and O–H groups in total. The fourth-order valence-corrected chi connectivity index (χ4v) is 3.22. The summed E-state index contributed by atoms with van der Waals surface area (Å²) in [6, 6.07) is 8.80. The van der Waals surface area contributed by atoms with E-state index in [0.717, 1.165) is 13.0 Å². The molecule has 1 aromatic rings. The number of fused-ring (bicyclic) bond motifs is 1. The van der Waals surface area contributed by atoms with E-state index in [-0.39, 0.29) is 0 Å². The topological polar surface area (TPSA) is 26.0 Å². The van der Waals surface area contributed by atoms with Crippen LogP contribution in [0.5, 0.6) is 0 Å². The second-order valence-corrected chi connectivity index (χ2v) is 4.94. The van der Waals surface area contributed by atoms with E-state index in [4.69, 9.17) is 5.73 Å². The van der Waals surface area contributed by atoms with Crippen molar-refractivity contribution in [2.24, 2.45) is 5.73 Å². The first-order chi connectivity index (χ1) is 6.92. The van der Waals surface area contributed by atoms with E-state index in [0.29, 0.717) is 5.92 Å². The van der Waals surface area contributed by atoms with Crippen molar-refractivity contribution in [2.75, 3.05) is 12.3 Å². The van der Waals surface area contributed by atoms with Gasteiger partial charge in [0.25, 0.3) is 0 Å². The van der Waals surface area contributed by atoms with Gasteiger partial charge in [0.2, 0.25) is 0 Å². The molecular formula is C12H17NS. The maximum absolute atomic E-state index is 5.66. The number of hydrogen-bond donors (Lipinski definition) is 1. The van der Waals surface area contributed by atoms with Gasteiger partial charge >= 0.3 is 0 Å². The lowest BCUT2D eigenvalue weighted by molar-refractivity contribution is 0.576. The molecular weight excluding hydrogens is 190 g/mol. The minimum atomic E-state index is 0.700. The van der Waals surface area contributed by atoms with Crippen molar-refractivity contribution in [3.05, 3.63) is 29.8 Å². The van der Waals surface area contributed by atoms with Crippen LogP contribution in [-0.2, 0) is 0 Å². The van der Waals surface area contributed by atoms with Crippen molar-refractivity contribution in [3.8, 4) is 0 Å². The highest BCUT2D eigenvalue weighted by molar-refractivity contribution is 7.99. The summed E-state index contributed by atoms with van der Waals surface area (Å²) < 4.78 is 0. The first kappa shape index (κ1) is 10.1. The number of thioether (sulfide) groups is 1. The summed E-state index contributed by atoms with van der Waals surface area (Å²) in [6.07, 6.45) is 3.77. The Bertz CT molecular complexity index is 298. The van der Waals surface area contributed by atoms with E-state index in [9.17, 15) is 0 Å². The molecule has 1 aliphatic rings. The Balaban J connectivity index is 2.27. The van der Waals surface area contributed by atoms with Gasteiger partial charge in [0.1, 0.15) is 0 Å². The van der Waals surface area contributed by atoms with Gasteiger partial charge in [-0.1, -0.05) is 18.2 Å². The molecule has 0 saturated carbocycles. The van der Waals surface area contributed by atoms with Gasteiger partial charge in [0, 0.05) is 4.90 Å². The van der Waals surface area contributed by atoms with Crippen LogP contribution in [0.1, 0.15) is 30.7 Å². The summed E-state index contributed by atoms with van der Waals surface area (Å²) in [4.78, 5) is 1.48. The maximum Gasteiger partial charge on any atom is 0.0107 e. The second kappa shape index (κ2) is 4.85. The average Bonchev–Trinajstić information content (AvgIpc) is 2.42. The third-order valence-electron chi connectivity index (χ3n) is 2.83. The molecule has 14 heavy (non-hydrogen) atoms. The lowest BCUT2D eigenvalue weighted by Crippen LogP contribution is -2.07. The standard InChI is InChI=1S/C12H17NS/c13-8-7-10-4-3-9-14-12-6-2-1-5-11(10)12/h1-2,5-6,10H,3-4,7-9,13H2. The van der Waals surface area contributed by atoms with Crippen LogP contribution in [0.25, 0.3) is 0 Å². The molecule has 2 rings (SSSR count). The first-order valence-corrected chi connectivity index (χ1v) is 6.32. The van der Waals surface area contributed by atoms with Crippen LogP contribution in [-0.4, -0.2) is 12.3 Å². The zero-order valence-electron chi connectivity index (χ0n) is 8.41. The normalized spacial score (nSPS) is 21.4. The molecule has 1 heterocycles. The van der Waals surface area contributed by atoms with Gasteiger partial charge in [-0.05, 0) is 49.1 Å². The largest absolute Gasteiger partial charge is 0.330 e. The Labute approximate surface area is 90.1 Å². The van der Waals surface area contributed by atoms with Crippen molar-refractivity contribution in [1.82, 2.24) is 0 Å². The van der Waals surface area contributed by atoms with Gasteiger partial charge in [0.15, 0.2) is 0 Å². The fraction of sp³-hybridized carbons (Fsp3) is 0.500. The predicted octanol–water partition coefficient (Wildman–Crippen LogP) is 3.00. The fourth-order valence-electron chi connectivity index (χ4n) is 2.12. The predicted molar refractivity (Wildman–Crippen MR) is 62.8 cm³/mol. The van der Waals surface area contributed by atoms with Crippen LogP contribution in [0.3, 0.4) is 0 Å². The Morgan fingerprint density at radius 1 is 1.36 bits per heavy atom. The van der Waals surface area contributed by atoms with Gasteiger partial charge in [-0.25, -0.2) is 0 Å². The third kappa shape index (κ3) is 2.12. The van der Waals surface area contributed by atoms with E-state index in [1.165, 1.54) is 29.1 Å². The van der Waals surface area contributed by atoms with Crippen LogP contribution in [0.4, 0.5) is 0 Å². The summed E-state index contributed by atoms with van der Waals surface area (Å²) in [5.41, 5.74) is 7.19. The van der Waals surface area contributed by atoms with Gasteiger partial charge < -0.3 is 5.73 Å². The van der Waals surface area contributed by atoms with Crippen molar-refractivity contribution < 1.29 is 0 Å². The van der Waals surface area contributed by atoms with Crippen LogP contribution in [0.2, 0.25) is 0 Å². The second-order valence-electron chi connectivity index (χ2n) is 3.80. The van der Waals surface area contributed by atoms with E-state index in [2.05, 4.69) is 24.3 Å². The third-order valence-corrected chi connectivity index (χ3v) is 4.00. The molecule has 76 valence electrons. The molecule has 1 aliphatic heterocycles. The van der Waals surface area contributed by atoms with Gasteiger partial charge in [-0.3, -0.25) is 0 Å². The Morgan fingerprint density at radius 3 is 3.07 bits per heavy atom. The number of hydrogen-bond acceptors (Lipinski definition) is 2. The summed E-state index contributed by atoms with van der Waals surface area (Å²) in [7, 11) is 0. The minimum Gasteiger partial charge on any atom is -0.330 e. The molecule has 1 aromatic carbocycles. The molecule has 1 nitrogen and oxygen atoms in total. The van der Waals surface area contributed by atoms with Crippen LogP contribution < -0.4 is 5.73 Å². The van der Waals surface area contributed by atoms with Crippen LogP contribution in [0, 0.1) is 0 Å². The van der Waals surface area contributed by atoms with Gasteiger partial charge in [-0.15, -0.1) is 11.8 Å². The highest BCUT2D eigenvalue weighted by Crippen LogP contribution is 2.37. The molecule has 1 atom stereocenters. The summed E-state index contributed by atoms with van der Waals surface area (Å²) in [6.45, 7) is 0.809. The highest BCUT2D eigenvalue weighted by Gasteiger charge is 2.17. The molecule has 0 saturated heterocycles. The van der Waals surface area contributed by atoms with Crippen molar-refractivity contribution in [2.45, 2.75) is 30.1 Å². The van der Waals surface area contributed by atoms with Crippen LogP contribution in [0.15, 0.2) is 29.2 Å². The molecule has 0 spiro atoms. The van der Waals surface area contributed by atoms with Crippen molar-refractivity contribution in [1.29, 1.82) is 0 Å². The molecule has 0 aliphatic carbocycles. The molecule has 0 bridgehead atoms. The van der Waals surface area contributed by atoms with E-state index >= 15 is 0 Å². The van der Waals surface area contributed by atoms with E-state index in [1.54, 1.807) is 0 Å². The summed E-state index contributed by atoms with van der Waals surface area (Å²) >= 11 is 2.00. The quantitative estimate of drug-likeness (QED) is 0.806. The summed E-state index contributed by atoms with van der Waals surface area (Å²) in [5.74, 6) is 1.96. The molecule has 0 aromatic heterocycles. The smallest absolute Gasteiger partial charge is 0.0107 e. The van der Waals surface area contributed by atoms with Crippen LogP contribution >= 0.6 is 11.8 Å². The SMILES string of the molecule is NCCC1CCCSc2ccccc21. The van der Waals surface area contributed by atoms with Gasteiger partial charge in [-0.2, -0.15) is 0 Å². The Hall–Kier alpha value is -0.470. The number of rotatable bonds is 2. The lowest BCUT2D eigenvalue weighted by Gasteiger charge is -2.15. The Kier molecular flexibility index (Phi) is 3.49. The molecule has 1 unspecified atom stereocenters. The minimum absolute atomic E-state index is 0.700. The van der Waals surface area contributed by atoms with E-state index in [1.807, 2.05) is 11.8 Å².